The van der Waals surface area contributed by atoms with E-state index < -0.39 is 11.9 Å². The molecular weight excluding hydrogens is 423 g/mol. The van der Waals surface area contributed by atoms with Gasteiger partial charge in [-0.25, -0.2) is 9.98 Å². The summed E-state index contributed by atoms with van der Waals surface area (Å²) in [5, 5.41) is 17.7. The maximum absolute atomic E-state index is 12.7. The molecule has 0 bridgehead atoms. The van der Waals surface area contributed by atoms with E-state index >= 15 is 0 Å². The molecule has 0 aliphatic rings. The lowest BCUT2D eigenvalue weighted by Crippen LogP contribution is -2.38. The number of alkyl halides is 3. The SMILES string of the molecule is Cc1nnc(CN=C(NCCc2cccs2)NCc2nc(C(F)(F)F)cs2)n1C. The van der Waals surface area contributed by atoms with Gasteiger partial charge in [-0.3, -0.25) is 0 Å². The predicted molar refractivity (Wildman–Crippen MR) is 107 cm³/mol. The average molecular weight is 444 g/mol. The van der Waals surface area contributed by atoms with Crippen molar-refractivity contribution in [1.29, 1.82) is 0 Å². The lowest BCUT2D eigenvalue weighted by Gasteiger charge is -2.11. The van der Waals surface area contributed by atoms with Crippen LogP contribution in [0.2, 0.25) is 0 Å². The van der Waals surface area contributed by atoms with E-state index in [0.29, 0.717) is 23.3 Å². The first-order valence-corrected chi connectivity index (χ1v) is 10.5. The van der Waals surface area contributed by atoms with Crippen LogP contribution in [0.3, 0.4) is 0 Å². The first-order chi connectivity index (χ1) is 13.8. The predicted octanol–water partition coefficient (Wildman–Crippen LogP) is 3.14. The zero-order valence-corrected chi connectivity index (χ0v) is 17.5. The van der Waals surface area contributed by atoms with E-state index in [2.05, 4.69) is 30.8 Å². The highest BCUT2D eigenvalue weighted by Gasteiger charge is 2.33. The third-order valence-electron chi connectivity index (χ3n) is 4.05. The summed E-state index contributed by atoms with van der Waals surface area (Å²) in [5.74, 6) is 1.94. The van der Waals surface area contributed by atoms with Gasteiger partial charge in [-0.1, -0.05) is 6.07 Å². The smallest absolute Gasteiger partial charge is 0.356 e. The molecule has 156 valence electrons. The monoisotopic (exact) mass is 443 g/mol. The Morgan fingerprint density at radius 3 is 2.69 bits per heavy atom. The Kier molecular flexibility index (Phi) is 6.85. The Labute approximate surface area is 173 Å². The van der Waals surface area contributed by atoms with Crippen LogP contribution in [-0.4, -0.2) is 32.3 Å². The molecule has 3 aromatic rings. The van der Waals surface area contributed by atoms with Crippen molar-refractivity contribution in [2.45, 2.75) is 32.6 Å². The Hall–Kier alpha value is -2.47. The molecule has 0 spiro atoms. The average Bonchev–Trinajstić information content (AvgIpc) is 3.41. The van der Waals surface area contributed by atoms with Crippen molar-refractivity contribution >= 4 is 28.6 Å². The van der Waals surface area contributed by atoms with Crippen LogP contribution < -0.4 is 10.6 Å². The number of rotatable bonds is 7. The fourth-order valence-corrected chi connectivity index (χ4v) is 3.80. The van der Waals surface area contributed by atoms with E-state index in [1.807, 2.05) is 36.1 Å². The summed E-state index contributed by atoms with van der Waals surface area (Å²) < 4.78 is 40.0. The van der Waals surface area contributed by atoms with Crippen molar-refractivity contribution in [2.75, 3.05) is 6.54 Å². The highest BCUT2D eigenvalue weighted by atomic mass is 32.1. The van der Waals surface area contributed by atoms with Crippen LogP contribution in [0, 0.1) is 6.92 Å². The van der Waals surface area contributed by atoms with Gasteiger partial charge in [0.05, 0.1) is 6.54 Å². The molecule has 0 aliphatic carbocycles. The summed E-state index contributed by atoms with van der Waals surface area (Å²) in [4.78, 5) is 9.35. The maximum atomic E-state index is 12.7. The number of aliphatic imine (C=N–C) groups is 1. The second-order valence-corrected chi connectivity index (χ2v) is 8.10. The summed E-state index contributed by atoms with van der Waals surface area (Å²) >= 11 is 2.63. The van der Waals surface area contributed by atoms with Gasteiger partial charge in [0.25, 0.3) is 0 Å². The minimum absolute atomic E-state index is 0.142. The van der Waals surface area contributed by atoms with Crippen LogP contribution in [0.15, 0.2) is 27.9 Å². The molecule has 3 heterocycles. The molecule has 0 atom stereocenters. The van der Waals surface area contributed by atoms with Crippen LogP contribution >= 0.6 is 22.7 Å². The van der Waals surface area contributed by atoms with E-state index in [9.17, 15) is 13.2 Å². The third kappa shape index (κ3) is 6.00. The van der Waals surface area contributed by atoms with Gasteiger partial charge >= 0.3 is 6.18 Å². The van der Waals surface area contributed by atoms with Crippen molar-refractivity contribution in [3.63, 3.8) is 0 Å². The Morgan fingerprint density at radius 1 is 1.24 bits per heavy atom. The van der Waals surface area contributed by atoms with Crippen LogP contribution in [-0.2, 0) is 32.7 Å². The van der Waals surface area contributed by atoms with E-state index in [0.717, 1.165) is 29.0 Å². The number of aromatic nitrogens is 4. The standard InChI is InChI=1S/C17H20F3N7S2/c1-11-25-26-14(27(11)2)8-22-16(21-6-5-12-4-3-7-28-12)23-9-15-24-13(10-29-15)17(18,19)20/h3-4,7,10H,5-6,8-9H2,1-2H3,(H2,21,22,23). The largest absolute Gasteiger partial charge is 0.434 e. The highest BCUT2D eigenvalue weighted by molar-refractivity contribution is 7.10. The number of thiazole rings is 1. The zero-order chi connectivity index (χ0) is 20.9. The highest BCUT2D eigenvalue weighted by Crippen LogP contribution is 2.29. The molecule has 3 aromatic heterocycles. The summed E-state index contributed by atoms with van der Waals surface area (Å²) in [5.41, 5.74) is -0.877. The minimum Gasteiger partial charge on any atom is -0.356 e. The van der Waals surface area contributed by atoms with Crippen LogP contribution in [0.5, 0.6) is 0 Å². The number of hydrogen-bond donors (Lipinski definition) is 2. The summed E-state index contributed by atoms with van der Waals surface area (Å²) in [7, 11) is 1.85. The first-order valence-electron chi connectivity index (χ1n) is 8.74. The van der Waals surface area contributed by atoms with Gasteiger partial charge in [0, 0.05) is 23.8 Å². The maximum Gasteiger partial charge on any atom is 0.434 e. The Balaban J connectivity index is 1.63. The quantitative estimate of drug-likeness (QED) is 0.433. The molecule has 0 aromatic carbocycles. The number of aryl methyl sites for hydroxylation is 1. The zero-order valence-electron chi connectivity index (χ0n) is 15.8. The van der Waals surface area contributed by atoms with Crippen molar-refractivity contribution in [1.82, 2.24) is 30.4 Å². The van der Waals surface area contributed by atoms with Crippen molar-refractivity contribution < 1.29 is 13.2 Å². The van der Waals surface area contributed by atoms with Crippen molar-refractivity contribution in [2.24, 2.45) is 12.0 Å². The molecule has 2 N–H and O–H groups in total. The molecule has 0 unspecified atom stereocenters. The molecule has 7 nitrogen and oxygen atoms in total. The molecule has 0 saturated heterocycles. The van der Waals surface area contributed by atoms with Crippen molar-refractivity contribution in [3.8, 4) is 0 Å². The Morgan fingerprint density at radius 2 is 2.07 bits per heavy atom. The van der Waals surface area contributed by atoms with Gasteiger partial charge in [-0.2, -0.15) is 13.2 Å². The second-order valence-electron chi connectivity index (χ2n) is 6.12. The number of guanidine groups is 1. The number of nitrogens with one attached hydrogen (secondary N) is 2. The van der Waals surface area contributed by atoms with Crippen LogP contribution in [0.1, 0.15) is 27.2 Å². The Bertz CT molecular complexity index is 945. The molecule has 0 amide bonds. The van der Waals surface area contributed by atoms with E-state index in [1.54, 1.807) is 11.3 Å². The number of halogens is 3. The van der Waals surface area contributed by atoms with Gasteiger partial charge in [-0.15, -0.1) is 32.9 Å². The fraction of sp³-hybridized carbons (Fsp3) is 0.412. The van der Waals surface area contributed by atoms with E-state index in [-0.39, 0.29) is 13.1 Å². The molecule has 0 fully saturated rings. The second kappa shape index (κ2) is 9.35. The summed E-state index contributed by atoms with van der Waals surface area (Å²) in [6.45, 7) is 2.91. The number of thiophene rings is 1. The number of hydrogen-bond acceptors (Lipinski definition) is 6. The van der Waals surface area contributed by atoms with Crippen LogP contribution in [0.4, 0.5) is 13.2 Å². The summed E-state index contributed by atoms with van der Waals surface area (Å²) in [6.07, 6.45) is -3.62. The van der Waals surface area contributed by atoms with Crippen LogP contribution in [0.25, 0.3) is 0 Å². The first kappa shape index (κ1) is 21.2. The lowest BCUT2D eigenvalue weighted by atomic mass is 10.3. The molecular formula is C17H20F3N7S2. The molecule has 0 radical (unpaired) electrons. The van der Waals surface area contributed by atoms with Gasteiger partial charge in [0.15, 0.2) is 17.5 Å². The number of nitrogens with zero attached hydrogens (tertiary/aromatic N) is 5. The van der Waals surface area contributed by atoms with Crippen molar-refractivity contribution in [3.05, 3.63) is 50.1 Å². The molecule has 29 heavy (non-hydrogen) atoms. The van der Waals surface area contributed by atoms with Gasteiger partial charge in [0.2, 0.25) is 0 Å². The topological polar surface area (TPSA) is 80.0 Å². The molecule has 0 aliphatic heterocycles. The normalized spacial score (nSPS) is 12.4. The molecule has 12 heteroatoms. The van der Waals surface area contributed by atoms with Gasteiger partial charge < -0.3 is 15.2 Å². The lowest BCUT2D eigenvalue weighted by molar-refractivity contribution is -0.140. The summed E-state index contributed by atoms with van der Waals surface area (Å²) in [6, 6.07) is 4.04. The van der Waals surface area contributed by atoms with E-state index in [4.69, 9.17) is 0 Å². The van der Waals surface area contributed by atoms with E-state index in [1.165, 1.54) is 4.88 Å². The van der Waals surface area contributed by atoms with Gasteiger partial charge in [-0.05, 0) is 24.8 Å². The minimum atomic E-state index is -4.44. The van der Waals surface area contributed by atoms with Gasteiger partial charge in [0.1, 0.15) is 17.4 Å². The molecule has 3 rings (SSSR count). The fourth-order valence-electron chi connectivity index (χ4n) is 2.35. The third-order valence-corrected chi connectivity index (χ3v) is 5.84. The molecule has 0 saturated carbocycles.